The number of thioether (sulfide) groups is 1. The second-order valence-corrected chi connectivity index (χ2v) is 9.59. The van der Waals surface area contributed by atoms with Crippen LogP contribution < -0.4 is 10.1 Å². The highest BCUT2D eigenvalue weighted by molar-refractivity contribution is 14.0. The zero-order valence-corrected chi connectivity index (χ0v) is 22.0. The lowest BCUT2D eigenvalue weighted by atomic mass is 9.99. The number of aliphatic imine (C=N–C) groups is 1. The Kier molecular flexibility index (Phi) is 11.1. The van der Waals surface area contributed by atoms with Gasteiger partial charge in [-0.3, -0.25) is 9.89 Å². The molecule has 1 aromatic carbocycles. The van der Waals surface area contributed by atoms with Gasteiger partial charge in [-0.15, -0.1) is 24.0 Å². The van der Waals surface area contributed by atoms with Crippen molar-refractivity contribution in [2.45, 2.75) is 31.1 Å². The van der Waals surface area contributed by atoms with Crippen LogP contribution in [0.4, 0.5) is 4.39 Å². The fourth-order valence-corrected chi connectivity index (χ4v) is 5.42. The van der Waals surface area contributed by atoms with E-state index in [2.05, 4.69) is 27.0 Å². The number of piperazine rings is 1. The summed E-state index contributed by atoms with van der Waals surface area (Å²) < 4.78 is 24.8. The van der Waals surface area contributed by atoms with Crippen molar-refractivity contribution >= 4 is 41.7 Å². The predicted octanol–water partition coefficient (Wildman–Crippen LogP) is 3.45. The molecule has 2 aliphatic rings. The van der Waals surface area contributed by atoms with Crippen molar-refractivity contribution in [3.8, 4) is 5.75 Å². The first-order valence-electron chi connectivity index (χ1n) is 10.8. The van der Waals surface area contributed by atoms with Gasteiger partial charge in [-0.05, 0) is 36.3 Å². The second kappa shape index (κ2) is 13.1. The van der Waals surface area contributed by atoms with E-state index >= 15 is 0 Å². The van der Waals surface area contributed by atoms with E-state index < -0.39 is 0 Å². The molecule has 3 rings (SSSR count). The predicted molar refractivity (Wildman–Crippen MR) is 137 cm³/mol. The Balaban J connectivity index is 0.00000341. The summed E-state index contributed by atoms with van der Waals surface area (Å²) in [4.78, 5) is 9.22. The molecule has 0 unspecified atom stereocenters. The largest absolute Gasteiger partial charge is 0.494 e. The molecule has 0 saturated carbocycles. The highest BCUT2D eigenvalue weighted by Crippen LogP contribution is 2.34. The summed E-state index contributed by atoms with van der Waals surface area (Å²) in [5.41, 5.74) is 0.974. The summed E-state index contributed by atoms with van der Waals surface area (Å²) in [5.74, 6) is 2.09. The van der Waals surface area contributed by atoms with E-state index in [1.165, 1.54) is 7.11 Å². The van der Waals surface area contributed by atoms with E-state index in [9.17, 15) is 4.39 Å². The normalized spacial score (nSPS) is 19.6. The lowest BCUT2D eigenvalue weighted by Crippen LogP contribution is -2.54. The third-order valence-corrected chi connectivity index (χ3v) is 7.38. The number of ether oxygens (including phenoxy) is 2. The summed E-state index contributed by atoms with van der Waals surface area (Å²) in [6, 6.07) is 5.21. The van der Waals surface area contributed by atoms with Crippen LogP contribution in [-0.4, -0.2) is 86.4 Å². The van der Waals surface area contributed by atoms with Crippen molar-refractivity contribution in [3.63, 3.8) is 0 Å². The number of hydrogen-bond donors (Lipinski definition) is 1. The van der Waals surface area contributed by atoms with Crippen LogP contribution in [0.15, 0.2) is 23.2 Å². The monoisotopic (exact) mass is 566 g/mol. The van der Waals surface area contributed by atoms with E-state index in [1.807, 2.05) is 24.9 Å². The van der Waals surface area contributed by atoms with Gasteiger partial charge in [-0.25, -0.2) is 4.39 Å². The molecule has 0 aromatic heterocycles. The van der Waals surface area contributed by atoms with Crippen molar-refractivity contribution in [1.82, 2.24) is 15.1 Å². The number of methoxy groups -OCH3 is 1. The molecule has 2 heterocycles. The van der Waals surface area contributed by atoms with E-state index in [0.717, 1.165) is 82.6 Å². The number of hydrogen-bond acceptors (Lipinski definition) is 5. The standard InChI is InChI=1S/C22H35FN4O2S.HI/c1-4-30-22(7-13-29-14-8-22)17-25-21(24-2)27-11-9-26(10-12-27)16-18-5-6-20(28-3)19(23)15-18;/h5-6,15H,4,7-14,16-17H2,1-3H3,(H,24,25);1H. The fourth-order valence-electron chi connectivity index (χ4n) is 4.18. The first-order valence-corrected chi connectivity index (χ1v) is 11.8. The Hall–Kier alpha value is -0.780. The van der Waals surface area contributed by atoms with Crippen LogP contribution in [0.1, 0.15) is 25.3 Å². The van der Waals surface area contributed by atoms with Gasteiger partial charge in [0.05, 0.1) is 7.11 Å². The number of rotatable bonds is 7. The molecule has 2 fully saturated rings. The molecule has 2 aliphatic heterocycles. The molecule has 0 atom stereocenters. The van der Waals surface area contributed by atoms with Gasteiger partial charge in [0.15, 0.2) is 17.5 Å². The fraction of sp³-hybridized carbons (Fsp3) is 0.682. The SMILES string of the molecule is CCSC1(CNC(=NC)N2CCN(Cc3ccc(OC)c(F)c3)CC2)CCOCC1.I. The van der Waals surface area contributed by atoms with Crippen LogP contribution in [0.25, 0.3) is 0 Å². The van der Waals surface area contributed by atoms with Gasteiger partial charge in [0.1, 0.15) is 0 Å². The minimum Gasteiger partial charge on any atom is -0.494 e. The van der Waals surface area contributed by atoms with Gasteiger partial charge in [0, 0.05) is 64.3 Å². The Bertz CT molecular complexity index is 705. The molecular formula is C22H36FIN4O2S. The zero-order valence-electron chi connectivity index (χ0n) is 18.9. The number of guanidine groups is 1. The van der Waals surface area contributed by atoms with Crippen LogP contribution in [0.3, 0.4) is 0 Å². The first kappa shape index (κ1) is 26.5. The minimum absolute atomic E-state index is 0. The van der Waals surface area contributed by atoms with Crippen molar-refractivity contribution in [2.24, 2.45) is 4.99 Å². The molecule has 1 N–H and O–H groups in total. The lowest BCUT2D eigenvalue weighted by molar-refractivity contribution is 0.0779. The lowest BCUT2D eigenvalue weighted by Gasteiger charge is -2.40. The summed E-state index contributed by atoms with van der Waals surface area (Å²) in [7, 11) is 3.35. The highest BCUT2D eigenvalue weighted by atomic mass is 127. The molecule has 9 heteroatoms. The second-order valence-electron chi connectivity index (χ2n) is 7.86. The first-order chi connectivity index (χ1) is 14.6. The van der Waals surface area contributed by atoms with E-state index in [-0.39, 0.29) is 34.5 Å². The van der Waals surface area contributed by atoms with Gasteiger partial charge in [0.2, 0.25) is 0 Å². The highest BCUT2D eigenvalue weighted by Gasteiger charge is 2.33. The van der Waals surface area contributed by atoms with E-state index in [4.69, 9.17) is 9.47 Å². The molecule has 0 bridgehead atoms. The topological polar surface area (TPSA) is 49.3 Å². The smallest absolute Gasteiger partial charge is 0.193 e. The maximum atomic E-state index is 14.0. The molecule has 0 amide bonds. The third kappa shape index (κ3) is 7.36. The van der Waals surface area contributed by atoms with E-state index in [1.54, 1.807) is 12.1 Å². The van der Waals surface area contributed by atoms with Crippen molar-refractivity contribution < 1.29 is 13.9 Å². The zero-order chi connectivity index (χ0) is 21.4. The number of halogens is 2. The molecule has 0 spiro atoms. The maximum absolute atomic E-state index is 14.0. The summed E-state index contributed by atoms with van der Waals surface area (Å²) in [5, 5.41) is 3.64. The van der Waals surface area contributed by atoms with Crippen LogP contribution in [0.2, 0.25) is 0 Å². The van der Waals surface area contributed by atoms with Crippen LogP contribution in [0.5, 0.6) is 5.75 Å². The van der Waals surface area contributed by atoms with Crippen molar-refractivity contribution in [1.29, 1.82) is 0 Å². The average Bonchev–Trinajstić information content (AvgIpc) is 2.76. The number of benzene rings is 1. The van der Waals surface area contributed by atoms with Gasteiger partial charge >= 0.3 is 0 Å². The third-order valence-electron chi connectivity index (χ3n) is 5.93. The van der Waals surface area contributed by atoms with Crippen molar-refractivity contribution in [2.75, 3.05) is 65.8 Å². The van der Waals surface area contributed by atoms with Crippen LogP contribution >= 0.6 is 35.7 Å². The van der Waals surface area contributed by atoms with Gasteiger partial charge in [-0.2, -0.15) is 11.8 Å². The minimum atomic E-state index is -0.301. The Labute approximate surface area is 207 Å². The molecule has 0 aliphatic carbocycles. The van der Waals surface area contributed by atoms with Crippen molar-refractivity contribution in [3.05, 3.63) is 29.6 Å². The summed E-state index contributed by atoms with van der Waals surface area (Å²) >= 11 is 2.04. The quantitative estimate of drug-likeness (QED) is 0.310. The Morgan fingerprint density at radius 2 is 1.97 bits per heavy atom. The number of nitrogens with zero attached hydrogens (tertiary/aromatic N) is 3. The van der Waals surface area contributed by atoms with Crippen LogP contribution in [0, 0.1) is 5.82 Å². The molecular weight excluding hydrogens is 530 g/mol. The molecule has 176 valence electrons. The van der Waals surface area contributed by atoms with Gasteiger partial charge < -0.3 is 19.7 Å². The molecule has 2 saturated heterocycles. The molecule has 1 aromatic rings. The molecule has 6 nitrogen and oxygen atoms in total. The van der Waals surface area contributed by atoms with E-state index in [0.29, 0.717) is 5.75 Å². The van der Waals surface area contributed by atoms with Gasteiger partial charge in [0.25, 0.3) is 0 Å². The number of nitrogens with one attached hydrogen (secondary N) is 1. The molecule has 31 heavy (non-hydrogen) atoms. The molecule has 0 radical (unpaired) electrons. The Morgan fingerprint density at radius 1 is 1.26 bits per heavy atom. The summed E-state index contributed by atoms with van der Waals surface area (Å²) in [6.07, 6.45) is 2.17. The maximum Gasteiger partial charge on any atom is 0.193 e. The van der Waals surface area contributed by atoms with Gasteiger partial charge in [-0.1, -0.05) is 13.0 Å². The average molecular weight is 567 g/mol. The summed E-state index contributed by atoms with van der Waals surface area (Å²) in [6.45, 7) is 9.27. The van der Waals surface area contributed by atoms with Crippen LogP contribution in [-0.2, 0) is 11.3 Å². The Morgan fingerprint density at radius 3 is 2.55 bits per heavy atom.